The minimum absolute atomic E-state index is 0.0219. The fourth-order valence-electron chi connectivity index (χ4n) is 1.16. The van der Waals surface area contributed by atoms with E-state index in [0.29, 0.717) is 0 Å². The molecule has 0 saturated heterocycles. The van der Waals surface area contributed by atoms with E-state index >= 15 is 0 Å². The molecule has 0 aliphatic rings. The average molecular weight is 207 g/mol. The predicted molar refractivity (Wildman–Crippen MR) is 60.6 cm³/mol. The fourth-order valence-corrected chi connectivity index (χ4v) is 1.16. The molecule has 15 heavy (non-hydrogen) atoms. The lowest BCUT2D eigenvalue weighted by atomic mass is 10.3. The number of carbonyl (C=O) groups is 1. The maximum absolute atomic E-state index is 11.5. The summed E-state index contributed by atoms with van der Waals surface area (Å²) in [6.07, 6.45) is 4.34. The summed E-state index contributed by atoms with van der Waals surface area (Å²) in [4.78, 5) is 15.4. The Morgan fingerprint density at radius 1 is 1.47 bits per heavy atom. The van der Waals surface area contributed by atoms with Gasteiger partial charge in [-0.05, 0) is 25.5 Å². The van der Waals surface area contributed by atoms with Gasteiger partial charge in [0.25, 0.3) is 0 Å². The number of hydrogen-bond acceptors (Lipinski definition) is 3. The van der Waals surface area contributed by atoms with Crippen LogP contribution in [0.2, 0.25) is 0 Å². The molecule has 1 amide bonds. The Labute approximate surface area is 90.1 Å². The maximum atomic E-state index is 11.5. The summed E-state index contributed by atoms with van der Waals surface area (Å²) in [6, 6.07) is 3.45. The molecule has 0 saturated carbocycles. The van der Waals surface area contributed by atoms with Crippen molar-refractivity contribution in [2.24, 2.45) is 0 Å². The van der Waals surface area contributed by atoms with E-state index in [1.165, 1.54) is 0 Å². The van der Waals surface area contributed by atoms with Crippen molar-refractivity contribution in [3.63, 3.8) is 0 Å². The van der Waals surface area contributed by atoms with Crippen molar-refractivity contribution in [1.82, 2.24) is 10.3 Å². The van der Waals surface area contributed by atoms with E-state index in [1.807, 2.05) is 26.0 Å². The Morgan fingerprint density at radius 2 is 2.13 bits per heavy atom. The van der Waals surface area contributed by atoms with Crippen LogP contribution in [0, 0.1) is 0 Å². The van der Waals surface area contributed by atoms with Crippen LogP contribution in [0.5, 0.6) is 0 Å². The normalized spacial score (nSPS) is 11.9. The first-order valence-electron chi connectivity index (χ1n) is 5.18. The molecular formula is C11H17N3O. The van der Waals surface area contributed by atoms with Crippen LogP contribution in [0.15, 0.2) is 24.5 Å². The number of anilines is 1. The van der Waals surface area contributed by atoms with Crippen LogP contribution in [-0.4, -0.2) is 23.5 Å². The quantitative estimate of drug-likeness (QED) is 0.767. The van der Waals surface area contributed by atoms with Crippen LogP contribution < -0.4 is 10.6 Å². The third-order valence-electron chi connectivity index (χ3n) is 2.01. The summed E-state index contributed by atoms with van der Waals surface area (Å²) < 4.78 is 0. The van der Waals surface area contributed by atoms with Crippen LogP contribution in [0.25, 0.3) is 0 Å². The number of amides is 1. The minimum atomic E-state index is -0.223. The molecule has 0 spiro atoms. The molecule has 0 bridgehead atoms. The van der Waals surface area contributed by atoms with Crippen molar-refractivity contribution < 1.29 is 4.79 Å². The summed E-state index contributed by atoms with van der Waals surface area (Å²) in [5.41, 5.74) is 0.907. The molecule has 0 aliphatic heterocycles. The first kappa shape index (κ1) is 11.5. The molecule has 0 aliphatic carbocycles. The summed E-state index contributed by atoms with van der Waals surface area (Å²) >= 11 is 0. The molecule has 1 unspecified atom stereocenters. The average Bonchev–Trinajstić information content (AvgIpc) is 2.27. The Morgan fingerprint density at radius 3 is 2.73 bits per heavy atom. The van der Waals surface area contributed by atoms with E-state index in [2.05, 4.69) is 15.6 Å². The first-order chi connectivity index (χ1) is 7.24. The van der Waals surface area contributed by atoms with E-state index in [4.69, 9.17) is 0 Å². The Kier molecular flexibility index (Phi) is 4.60. The van der Waals surface area contributed by atoms with Gasteiger partial charge in [-0.15, -0.1) is 0 Å². The molecule has 1 aromatic rings. The smallest absolute Gasteiger partial charge is 0.242 e. The lowest BCUT2D eigenvalue weighted by Crippen LogP contribution is -2.37. The van der Waals surface area contributed by atoms with E-state index in [-0.39, 0.29) is 11.9 Å². The maximum Gasteiger partial charge on any atom is 0.242 e. The van der Waals surface area contributed by atoms with E-state index < -0.39 is 0 Å². The highest BCUT2D eigenvalue weighted by Crippen LogP contribution is 2.05. The van der Waals surface area contributed by atoms with Gasteiger partial charge in [0, 0.05) is 24.6 Å². The van der Waals surface area contributed by atoms with Gasteiger partial charge >= 0.3 is 0 Å². The van der Waals surface area contributed by atoms with E-state index in [9.17, 15) is 4.79 Å². The van der Waals surface area contributed by atoms with Crippen LogP contribution in [0.1, 0.15) is 20.3 Å². The molecule has 1 atom stereocenters. The summed E-state index contributed by atoms with van der Waals surface area (Å²) in [7, 11) is 0. The van der Waals surface area contributed by atoms with Gasteiger partial charge in [-0.3, -0.25) is 9.78 Å². The van der Waals surface area contributed by atoms with Crippen molar-refractivity contribution in [2.75, 3.05) is 11.9 Å². The number of aromatic nitrogens is 1. The van der Waals surface area contributed by atoms with Crippen molar-refractivity contribution in [2.45, 2.75) is 26.3 Å². The Hall–Kier alpha value is -1.58. The predicted octanol–water partition coefficient (Wildman–Crippen LogP) is 1.41. The van der Waals surface area contributed by atoms with Crippen LogP contribution in [0.3, 0.4) is 0 Å². The van der Waals surface area contributed by atoms with Gasteiger partial charge in [-0.25, -0.2) is 0 Å². The summed E-state index contributed by atoms with van der Waals surface area (Å²) in [6.45, 7) is 4.59. The van der Waals surface area contributed by atoms with Gasteiger partial charge in [-0.1, -0.05) is 6.92 Å². The second kappa shape index (κ2) is 6.01. The zero-order chi connectivity index (χ0) is 11.1. The van der Waals surface area contributed by atoms with Crippen LogP contribution >= 0.6 is 0 Å². The summed E-state index contributed by atoms with van der Waals surface area (Å²) in [5.74, 6) is 0.0219. The third-order valence-corrected chi connectivity index (χ3v) is 2.01. The van der Waals surface area contributed by atoms with Gasteiger partial charge in [0.15, 0.2) is 0 Å². The standard InChI is InChI=1S/C11H17N3O/c1-3-6-13-11(15)9(2)14-10-4-7-12-8-5-10/h4-5,7-9H,3,6H2,1-2H3,(H,12,14)(H,13,15). The minimum Gasteiger partial charge on any atom is -0.374 e. The highest BCUT2D eigenvalue weighted by atomic mass is 16.2. The molecule has 0 fully saturated rings. The number of nitrogens with one attached hydrogen (secondary N) is 2. The molecule has 1 heterocycles. The Bertz CT molecular complexity index is 300. The molecule has 82 valence electrons. The largest absolute Gasteiger partial charge is 0.374 e. The third kappa shape index (κ3) is 3.97. The van der Waals surface area contributed by atoms with Gasteiger partial charge in [0.05, 0.1) is 0 Å². The first-order valence-corrected chi connectivity index (χ1v) is 5.18. The van der Waals surface area contributed by atoms with Gasteiger partial charge in [0.1, 0.15) is 6.04 Å². The van der Waals surface area contributed by atoms with Gasteiger partial charge < -0.3 is 10.6 Å². The van der Waals surface area contributed by atoms with Gasteiger partial charge in [0.2, 0.25) is 5.91 Å². The topological polar surface area (TPSA) is 54.0 Å². The molecule has 4 nitrogen and oxygen atoms in total. The fraction of sp³-hybridized carbons (Fsp3) is 0.455. The van der Waals surface area contributed by atoms with Crippen LogP contribution in [0.4, 0.5) is 5.69 Å². The number of nitrogens with zero attached hydrogens (tertiary/aromatic N) is 1. The van der Waals surface area contributed by atoms with E-state index in [1.54, 1.807) is 12.4 Å². The zero-order valence-corrected chi connectivity index (χ0v) is 9.16. The molecule has 2 N–H and O–H groups in total. The zero-order valence-electron chi connectivity index (χ0n) is 9.16. The highest BCUT2D eigenvalue weighted by molar-refractivity contribution is 5.84. The molecule has 4 heteroatoms. The summed E-state index contributed by atoms with van der Waals surface area (Å²) in [5, 5.41) is 5.93. The number of pyridine rings is 1. The molecule has 0 aromatic carbocycles. The van der Waals surface area contributed by atoms with Crippen molar-refractivity contribution >= 4 is 11.6 Å². The molecule has 1 aromatic heterocycles. The van der Waals surface area contributed by atoms with E-state index in [0.717, 1.165) is 18.7 Å². The highest BCUT2D eigenvalue weighted by Gasteiger charge is 2.10. The number of hydrogen-bond donors (Lipinski definition) is 2. The van der Waals surface area contributed by atoms with Crippen molar-refractivity contribution in [3.8, 4) is 0 Å². The monoisotopic (exact) mass is 207 g/mol. The number of rotatable bonds is 5. The lowest BCUT2D eigenvalue weighted by molar-refractivity contribution is -0.121. The van der Waals surface area contributed by atoms with Crippen molar-refractivity contribution in [3.05, 3.63) is 24.5 Å². The second-order valence-corrected chi connectivity index (χ2v) is 3.39. The van der Waals surface area contributed by atoms with Crippen molar-refractivity contribution in [1.29, 1.82) is 0 Å². The molecular weight excluding hydrogens is 190 g/mol. The molecule has 0 radical (unpaired) electrons. The lowest BCUT2D eigenvalue weighted by Gasteiger charge is -2.14. The van der Waals surface area contributed by atoms with Gasteiger partial charge in [-0.2, -0.15) is 0 Å². The second-order valence-electron chi connectivity index (χ2n) is 3.39. The molecule has 1 rings (SSSR count). The van der Waals surface area contributed by atoms with Crippen LogP contribution in [-0.2, 0) is 4.79 Å². The SMILES string of the molecule is CCCNC(=O)C(C)Nc1ccncc1. The number of carbonyl (C=O) groups excluding carboxylic acids is 1. The Balaban J connectivity index is 2.41.